The molecule has 2 aliphatic heterocycles. The molecule has 0 unspecified atom stereocenters. The van der Waals surface area contributed by atoms with E-state index < -0.39 is 6.03 Å². The Morgan fingerprint density at radius 2 is 2.20 bits per heavy atom. The van der Waals surface area contributed by atoms with Crippen LogP contribution in [0.4, 0.5) is 4.79 Å². The van der Waals surface area contributed by atoms with Gasteiger partial charge in [-0.3, -0.25) is 14.5 Å². The van der Waals surface area contributed by atoms with Crippen LogP contribution in [0.1, 0.15) is 31.0 Å². The molecule has 4 amide bonds. The van der Waals surface area contributed by atoms with Crippen molar-refractivity contribution in [1.29, 1.82) is 0 Å². The molecule has 1 aromatic heterocycles. The van der Waals surface area contributed by atoms with Crippen LogP contribution in [-0.4, -0.2) is 75.9 Å². The predicted molar refractivity (Wildman–Crippen MR) is 84.4 cm³/mol. The summed E-state index contributed by atoms with van der Waals surface area (Å²) in [6, 6.07) is -0.417. The first-order valence-corrected chi connectivity index (χ1v) is 8.55. The van der Waals surface area contributed by atoms with Gasteiger partial charge in [-0.1, -0.05) is 11.6 Å². The highest BCUT2D eigenvalue weighted by molar-refractivity contribution is 6.04. The Morgan fingerprint density at radius 3 is 2.84 bits per heavy atom. The van der Waals surface area contributed by atoms with E-state index in [4.69, 9.17) is 4.52 Å². The molecule has 3 fully saturated rings. The van der Waals surface area contributed by atoms with E-state index in [0.29, 0.717) is 24.8 Å². The van der Waals surface area contributed by atoms with Crippen molar-refractivity contribution in [3.05, 3.63) is 11.7 Å². The average molecular weight is 347 g/mol. The van der Waals surface area contributed by atoms with Crippen LogP contribution in [0.3, 0.4) is 0 Å². The molecule has 2 saturated heterocycles. The summed E-state index contributed by atoms with van der Waals surface area (Å²) in [7, 11) is 1.55. The molecule has 0 spiro atoms. The Morgan fingerprint density at radius 1 is 1.40 bits per heavy atom. The Bertz CT molecular complexity index is 747. The largest absolute Gasteiger partial charge is 0.340 e. The van der Waals surface area contributed by atoms with Gasteiger partial charge in [0.05, 0.1) is 5.41 Å². The van der Waals surface area contributed by atoms with Gasteiger partial charge in [-0.25, -0.2) is 4.79 Å². The average Bonchev–Trinajstić information content (AvgIpc) is 3.27. The normalized spacial score (nSPS) is 29.0. The summed E-state index contributed by atoms with van der Waals surface area (Å²) in [6.45, 7) is 2.72. The van der Waals surface area contributed by atoms with Crippen molar-refractivity contribution in [3.8, 4) is 0 Å². The molecule has 1 aromatic rings. The molecule has 2 atom stereocenters. The minimum Gasteiger partial charge on any atom is -0.340 e. The molecule has 1 saturated carbocycles. The molecule has 134 valence electrons. The third kappa shape index (κ3) is 2.40. The lowest BCUT2D eigenvalue weighted by Crippen LogP contribution is -2.43. The number of aromatic nitrogens is 2. The number of imide groups is 1. The van der Waals surface area contributed by atoms with Gasteiger partial charge < -0.3 is 14.3 Å². The molecular weight excluding hydrogens is 326 g/mol. The molecule has 3 aliphatic rings. The van der Waals surface area contributed by atoms with Gasteiger partial charge in [0.25, 0.3) is 5.91 Å². The summed E-state index contributed by atoms with van der Waals surface area (Å²) in [4.78, 5) is 45.1. The lowest BCUT2D eigenvalue weighted by molar-refractivity contribution is -0.136. The first-order valence-electron chi connectivity index (χ1n) is 8.55. The highest BCUT2D eigenvalue weighted by Crippen LogP contribution is 2.49. The van der Waals surface area contributed by atoms with E-state index in [2.05, 4.69) is 10.1 Å². The summed E-state index contributed by atoms with van der Waals surface area (Å²) < 4.78 is 5.44. The number of aryl methyl sites for hydroxylation is 1. The second-order valence-electron chi connectivity index (χ2n) is 7.28. The van der Waals surface area contributed by atoms with Crippen LogP contribution >= 0.6 is 0 Å². The van der Waals surface area contributed by atoms with E-state index in [9.17, 15) is 14.4 Å². The fourth-order valence-electron chi connectivity index (χ4n) is 4.39. The maximum atomic E-state index is 12.7. The van der Waals surface area contributed by atoms with Crippen molar-refractivity contribution in [2.45, 2.75) is 31.6 Å². The number of hydrogen-bond donors (Lipinski definition) is 0. The van der Waals surface area contributed by atoms with Gasteiger partial charge in [0.1, 0.15) is 13.1 Å². The minimum atomic E-state index is -0.417. The summed E-state index contributed by atoms with van der Waals surface area (Å²) >= 11 is 0. The first-order chi connectivity index (χ1) is 11.9. The summed E-state index contributed by atoms with van der Waals surface area (Å²) in [6.07, 6.45) is 2.99. The molecule has 9 nitrogen and oxygen atoms in total. The van der Waals surface area contributed by atoms with Crippen LogP contribution in [0.25, 0.3) is 0 Å². The van der Waals surface area contributed by atoms with Gasteiger partial charge in [0, 0.05) is 20.1 Å². The first kappa shape index (κ1) is 16.0. The molecule has 0 aromatic carbocycles. The number of urea groups is 1. The lowest BCUT2D eigenvalue weighted by Gasteiger charge is -2.24. The number of likely N-dealkylation sites (N-methyl/N-ethyl adjacent to an activating group) is 1. The van der Waals surface area contributed by atoms with E-state index in [1.165, 1.54) is 4.90 Å². The van der Waals surface area contributed by atoms with Crippen molar-refractivity contribution in [3.63, 3.8) is 0 Å². The summed E-state index contributed by atoms with van der Waals surface area (Å²) in [5, 5.41) is 3.91. The van der Waals surface area contributed by atoms with Crippen molar-refractivity contribution in [2.75, 3.05) is 33.2 Å². The zero-order valence-electron chi connectivity index (χ0n) is 14.4. The zero-order valence-corrected chi connectivity index (χ0v) is 14.4. The van der Waals surface area contributed by atoms with Crippen LogP contribution in [0, 0.1) is 12.8 Å². The standard InChI is InChI=1S/C16H21N5O4/c1-10-17-14(25-18-10)16-5-3-4-11(16)6-20(9-16)12(22)8-21-13(23)7-19(2)15(21)24/h11H,3-9H2,1-2H3/t11-,16-/m0/s1. The lowest BCUT2D eigenvalue weighted by atomic mass is 9.80. The number of hydrogen-bond acceptors (Lipinski definition) is 6. The van der Waals surface area contributed by atoms with Crippen LogP contribution in [0.15, 0.2) is 4.52 Å². The zero-order chi connectivity index (χ0) is 17.8. The van der Waals surface area contributed by atoms with Gasteiger partial charge in [0.2, 0.25) is 11.8 Å². The van der Waals surface area contributed by atoms with Gasteiger partial charge in [-0.05, 0) is 25.7 Å². The molecule has 3 heterocycles. The molecule has 9 heteroatoms. The molecule has 0 radical (unpaired) electrons. The van der Waals surface area contributed by atoms with Crippen molar-refractivity contribution >= 4 is 17.8 Å². The molecule has 1 aliphatic carbocycles. The van der Waals surface area contributed by atoms with E-state index in [0.717, 1.165) is 24.2 Å². The maximum Gasteiger partial charge on any atom is 0.327 e. The maximum absolute atomic E-state index is 12.7. The topological polar surface area (TPSA) is 99.9 Å². The van der Waals surface area contributed by atoms with Crippen LogP contribution in [0.5, 0.6) is 0 Å². The molecule has 25 heavy (non-hydrogen) atoms. The van der Waals surface area contributed by atoms with Crippen LogP contribution in [0.2, 0.25) is 0 Å². The van der Waals surface area contributed by atoms with Gasteiger partial charge in [-0.2, -0.15) is 4.98 Å². The van der Waals surface area contributed by atoms with E-state index in [1.807, 2.05) is 0 Å². The number of likely N-dealkylation sites (tertiary alicyclic amines) is 1. The van der Waals surface area contributed by atoms with E-state index >= 15 is 0 Å². The number of amides is 4. The summed E-state index contributed by atoms with van der Waals surface area (Å²) in [5.41, 5.74) is -0.285. The highest BCUT2D eigenvalue weighted by atomic mass is 16.5. The van der Waals surface area contributed by atoms with Crippen molar-refractivity contribution < 1.29 is 18.9 Å². The Balaban J connectivity index is 1.51. The van der Waals surface area contributed by atoms with Crippen LogP contribution in [-0.2, 0) is 15.0 Å². The molecule has 0 N–H and O–H groups in total. The molecule has 0 bridgehead atoms. The van der Waals surface area contributed by atoms with E-state index in [-0.39, 0.29) is 36.2 Å². The Labute approximate surface area is 144 Å². The SMILES string of the molecule is Cc1noc([C@]23CCC[C@H]2CN(C(=O)CN2C(=O)CN(C)C2=O)C3)n1. The predicted octanol–water partition coefficient (Wildman–Crippen LogP) is 0.152. The number of nitrogens with zero attached hydrogens (tertiary/aromatic N) is 5. The fraction of sp³-hybridized carbons (Fsp3) is 0.688. The quantitative estimate of drug-likeness (QED) is 0.722. The monoisotopic (exact) mass is 347 g/mol. The number of carbonyl (C=O) groups is 3. The van der Waals surface area contributed by atoms with Gasteiger partial charge in [-0.15, -0.1) is 0 Å². The smallest absolute Gasteiger partial charge is 0.327 e. The third-order valence-electron chi connectivity index (χ3n) is 5.70. The molecular formula is C16H21N5O4. The third-order valence-corrected chi connectivity index (χ3v) is 5.70. The number of rotatable bonds is 3. The van der Waals surface area contributed by atoms with Gasteiger partial charge >= 0.3 is 6.03 Å². The van der Waals surface area contributed by atoms with Crippen molar-refractivity contribution in [1.82, 2.24) is 24.8 Å². The summed E-state index contributed by atoms with van der Waals surface area (Å²) in [5.74, 6) is 0.945. The number of carbonyl (C=O) groups excluding carboxylic acids is 3. The van der Waals surface area contributed by atoms with Crippen LogP contribution < -0.4 is 0 Å². The van der Waals surface area contributed by atoms with Crippen molar-refractivity contribution in [2.24, 2.45) is 5.92 Å². The Kier molecular flexibility index (Phi) is 3.55. The fourth-order valence-corrected chi connectivity index (χ4v) is 4.39. The second-order valence-corrected chi connectivity index (χ2v) is 7.28. The Hall–Kier alpha value is -2.45. The highest BCUT2D eigenvalue weighted by Gasteiger charge is 2.55. The minimum absolute atomic E-state index is 0.0277. The number of fused-ring (bicyclic) bond motifs is 1. The van der Waals surface area contributed by atoms with Gasteiger partial charge in [0.15, 0.2) is 5.82 Å². The second kappa shape index (κ2) is 5.53. The van der Waals surface area contributed by atoms with E-state index in [1.54, 1.807) is 18.9 Å². The molecule has 4 rings (SSSR count).